The maximum atomic E-state index is 12.4. The standard InChI is InChI=1S/C20H12Cl2N2O/c21-16-8-9-18(22)19(11-16)24-20(25)15(12-23)10-14-6-3-5-13-4-1-2-7-17(13)14/h1-11H,(H,24,25). The van der Waals surface area contributed by atoms with Gasteiger partial charge in [0.2, 0.25) is 0 Å². The number of halogens is 2. The monoisotopic (exact) mass is 366 g/mol. The molecule has 0 aromatic heterocycles. The Balaban J connectivity index is 1.96. The van der Waals surface area contributed by atoms with Crippen molar-refractivity contribution in [3.8, 4) is 6.07 Å². The number of hydrogen-bond donors (Lipinski definition) is 1. The first-order chi connectivity index (χ1) is 12.1. The van der Waals surface area contributed by atoms with Crippen LogP contribution in [0, 0.1) is 11.3 Å². The number of rotatable bonds is 3. The second-order valence-electron chi connectivity index (χ2n) is 5.32. The number of amides is 1. The highest BCUT2D eigenvalue weighted by molar-refractivity contribution is 6.36. The molecule has 0 spiro atoms. The van der Waals surface area contributed by atoms with Crippen LogP contribution in [0.4, 0.5) is 5.69 Å². The predicted octanol–water partition coefficient (Wildman–Crippen LogP) is 5.69. The van der Waals surface area contributed by atoms with Gasteiger partial charge < -0.3 is 5.32 Å². The molecule has 3 aromatic rings. The summed E-state index contributed by atoms with van der Waals surface area (Å²) in [6.45, 7) is 0. The molecule has 1 amide bonds. The molecule has 25 heavy (non-hydrogen) atoms. The first-order valence-corrected chi connectivity index (χ1v) is 8.20. The van der Waals surface area contributed by atoms with Crippen molar-refractivity contribution in [2.24, 2.45) is 0 Å². The van der Waals surface area contributed by atoms with E-state index in [1.807, 2.05) is 48.5 Å². The zero-order chi connectivity index (χ0) is 17.8. The molecule has 0 heterocycles. The number of nitriles is 1. The van der Waals surface area contributed by atoms with Crippen LogP contribution >= 0.6 is 23.2 Å². The normalized spacial score (nSPS) is 11.2. The van der Waals surface area contributed by atoms with Crippen molar-refractivity contribution in [2.75, 3.05) is 5.32 Å². The first kappa shape index (κ1) is 17.0. The highest BCUT2D eigenvalue weighted by atomic mass is 35.5. The third-order valence-electron chi connectivity index (χ3n) is 3.66. The highest BCUT2D eigenvalue weighted by Crippen LogP contribution is 2.26. The van der Waals surface area contributed by atoms with Crippen LogP contribution in [0.1, 0.15) is 5.56 Å². The molecule has 3 aromatic carbocycles. The minimum atomic E-state index is -0.542. The molecule has 0 bridgehead atoms. The predicted molar refractivity (Wildman–Crippen MR) is 103 cm³/mol. The zero-order valence-corrected chi connectivity index (χ0v) is 14.5. The first-order valence-electron chi connectivity index (χ1n) is 7.44. The summed E-state index contributed by atoms with van der Waals surface area (Å²) in [6.07, 6.45) is 1.57. The third-order valence-corrected chi connectivity index (χ3v) is 4.23. The molecule has 0 aliphatic carbocycles. The summed E-state index contributed by atoms with van der Waals surface area (Å²) in [4.78, 5) is 12.4. The Labute approximate surface area is 155 Å². The minimum Gasteiger partial charge on any atom is -0.320 e. The van der Waals surface area contributed by atoms with E-state index >= 15 is 0 Å². The number of anilines is 1. The topological polar surface area (TPSA) is 52.9 Å². The van der Waals surface area contributed by atoms with Crippen molar-refractivity contribution in [3.63, 3.8) is 0 Å². The molecule has 0 unspecified atom stereocenters. The molecule has 0 aliphatic heterocycles. The molecule has 5 heteroatoms. The van der Waals surface area contributed by atoms with Crippen LogP contribution in [0.5, 0.6) is 0 Å². The number of nitrogens with zero attached hydrogens (tertiary/aromatic N) is 1. The fourth-order valence-electron chi connectivity index (χ4n) is 2.46. The average Bonchev–Trinajstić information content (AvgIpc) is 2.62. The number of nitrogens with one attached hydrogen (secondary N) is 1. The third kappa shape index (κ3) is 3.83. The summed E-state index contributed by atoms with van der Waals surface area (Å²) in [5.74, 6) is -0.542. The van der Waals surface area contributed by atoms with Crippen LogP contribution in [0.15, 0.2) is 66.2 Å². The largest absolute Gasteiger partial charge is 0.320 e. The van der Waals surface area contributed by atoms with E-state index in [-0.39, 0.29) is 5.57 Å². The summed E-state index contributed by atoms with van der Waals surface area (Å²) < 4.78 is 0. The fourth-order valence-corrected chi connectivity index (χ4v) is 2.80. The van der Waals surface area contributed by atoms with Crippen molar-refractivity contribution >= 4 is 51.6 Å². The number of fused-ring (bicyclic) bond motifs is 1. The Bertz CT molecular complexity index is 1030. The molecule has 1 N–H and O–H groups in total. The quantitative estimate of drug-likeness (QED) is 0.477. The van der Waals surface area contributed by atoms with Crippen molar-refractivity contribution in [2.45, 2.75) is 0 Å². The smallest absolute Gasteiger partial charge is 0.266 e. The summed E-state index contributed by atoms with van der Waals surface area (Å²) in [7, 11) is 0. The Morgan fingerprint density at radius 1 is 1.04 bits per heavy atom. The number of hydrogen-bond acceptors (Lipinski definition) is 2. The SMILES string of the molecule is N#CC(=Cc1cccc2ccccc12)C(=O)Nc1cc(Cl)ccc1Cl. The van der Waals surface area contributed by atoms with Crippen molar-refractivity contribution < 1.29 is 4.79 Å². The van der Waals surface area contributed by atoms with Gasteiger partial charge in [0.05, 0.1) is 10.7 Å². The van der Waals surface area contributed by atoms with Gasteiger partial charge in [-0.2, -0.15) is 5.26 Å². The van der Waals surface area contributed by atoms with Crippen LogP contribution in [-0.2, 0) is 4.79 Å². The van der Waals surface area contributed by atoms with Crippen LogP contribution in [0.3, 0.4) is 0 Å². The Morgan fingerprint density at radius 3 is 2.60 bits per heavy atom. The number of carbonyl (C=O) groups is 1. The van der Waals surface area contributed by atoms with Gasteiger partial charge in [-0.15, -0.1) is 0 Å². The number of benzene rings is 3. The van der Waals surface area contributed by atoms with Gasteiger partial charge in [0.1, 0.15) is 11.6 Å². The molecule has 122 valence electrons. The molecule has 0 atom stereocenters. The molecule has 3 rings (SSSR count). The lowest BCUT2D eigenvalue weighted by Crippen LogP contribution is -2.13. The Morgan fingerprint density at radius 2 is 1.80 bits per heavy atom. The molecular weight excluding hydrogens is 355 g/mol. The summed E-state index contributed by atoms with van der Waals surface area (Å²) >= 11 is 12.0. The lowest BCUT2D eigenvalue weighted by Gasteiger charge is -2.07. The second-order valence-corrected chi connectivity index (χ2v) is 6.16. The zero-order valence-electron chi connectivity index (χ0n) is 13.0. The van der Waals surface area contributed by atoms with Crippen LogP contribution in [0.2, 0.25) is 10.0 Å². The van der Waals surface area contributed by atoms with E-state index in [9.17, 15) is 10.1 Å². The minimum absolute atomic E-state index is 0.0209. The molecule has 0 saturated carbocycles. The van der Waals surface area contributed by atoms with Gasteiger partial charge in [-0.25, -0.2) is 0 Å². The maximum Gasteiger partial charge on any atom is 0.266 e. The van der Waals surface area contributed by atoms with Crippen LogP contribution < -0.4 is 5.32 Å². The van der Waals surface area contributed by atoms with Crippen molar-refractivity contribution in [1.29, 1.82) is 5.26 Å². The maximum absolute atomic E-state index is 12.4. The van der Waals surface area contributed by atoms with Gasteiger partial charge >= 0.3 is 0 Å². The van der Waals surface area contributed by atoms with Crippen molar-refractivity contribution in [3.05, 3.63) is 81.8 Å². The van der Waals surface area contributed by atoms with Gasteiger partial charge in [0, 0.05) is 5.02 Å². The van der Waals surface area contributed by atoms with Crippen molar-refractivity contribution in [1.82, 2.24) is 0 Å². The second kappa shape index (κ2) is 7.40. The summed E-state index contributed by atoms with van der Waals surface area (Å²) in [5, 5.41) is 14.8. The molecule has 0 saturated heterocycles. The highest BCUT2D eigenvalue weighted by Gasteiger charge is 2.12. The molecule has 0 aliphatic rings. The Hall–Kier alpha value is -2.80. The summed E-state index contributed by atoms with van der Waals surface area (Å²) in [6, 6.07) is 20.2. The number of carbonyl (C=O) groups excluding carboxylic acids is 1. The van der Waals surface area contributed by atoms with E-state index in [1.165, 1.54) is 6.07 Å². The van der Waals surface area contributed by atoms with Gasteiger partial charge in [0.25, 0.3) is 5.91 Å². The lowest BCUT2D eigenvalue weighted by molar-refractivity contribution is -0.112. The van der Waals surface area contributed by atoms with E-state index in [4.69, 9.17) is 23.2 Å². The molecule has 0 radical (unpaired) electrons. The van der Waals surface area contributed by atoms with Gasteiger partial charge in [-0.05, 0) is 40.6 Å². The van der Waals surface area contributed by atoms with E-state index in [1.54, 1.807) is 18.2 Å². The van der Waals surface area contributed by atoms with Gasteiger partial charge in [0.15, 0.2) is 0 Å². The van der Waals surface area contributed by atoms with E-state index in [0.29, 0.717) is 15.7 Å². The van der Waals surface area contributed by atoms with Gasteiger partial charge in [-0.1, -0.05) is 65.7 Å². The molecule has 3 nitrogen and oxygen atoms in total. The van der Waals surface area contributed by atoms with Crippen LogP contribution in [0.25, 0.3) is 16.8 Å². The Kier molecular flexibility index (Phi) is 5.04. The summed E-state index contributed by atoms with van der Waals surface area (Å²) in [5.41, 5.74) is 1.13. The fraction of sp³-hybridized carbons (Fsp3) is 0. The molecular formula is C20H12Cl2N2O. The van der Waals surface area contributed by atoms with E-state index in [2.05, 4.69) is 5.32 Å². The van der Waals surface area contributed by atoms with E-state index in [0.717, 1.165) is 16.3 Å². The van der Waals surface area contributed by atoms with Gasteiger partial charge in [-0.3, -0.25) is 4.79 Å². The van der Waals surface area contributed by atoms with E-state index < -0.39 is 5.91 Å². The lowest BCUT2D eigenvalue weighted by atomic mass is 10.0. The molecule has 0 fully saturated rings. The average molecular weight is 367 g/mol. The van der Waals surface area contributed by atoms with Crippen LogP contribution in [-0.4, -0.2) is 5.91 Å².